The van der Waals surface area contributed by atoms with Gasteiger partial charge in [-0.25, -0.2) is 0 Å². The standard InChI is InChI=1S/C19H27N3O2.ClH/c1-2-11-20-18(23)13-7-9-15(10-8-13)21-19(24)17-12-14-5-3-4-6-16(14)22-17;/h7-10,14,16-17,22H,2-6,11-12H2,1H3,(H,20,23)(H,21,24);1H. The Bertz CT molecular complexity index is 577. The van der Waals surface area contributed by atoms with Gasteiger partial charge in [0.2, 0.25) is 5.91 Å². The normalized spacial score (nSPS) is 24.8. The van der Waals surface area contributed by atoms with E-state index >= 15 is 0 Å². The van der Waals surface area contributed by atoms with Crippen molar-refractivity contribution in [1.82, 2.24) is 10.6 Å². The van der Waals surface area contributed by atoms with Gasteiger partial charge in [-0.3, -0.25) is 9.59 Å². The molecule has 2 fully saturated rings. The fourth-order valence-electron chi connectivity index (χ4n) is 3.80. The highest BCUT2D eigenvalue weighted by Gasteiger charge is 2.38. The molecule has 1 aromatic rings. The Hall–Kier alpha value is -1.59. The van der Waals surface area contributed by atoms with Gasteiger partial charge in [0.15, 0.2) is 0 Å². The molecule has 138 valence electrons. The van der Waals surface area contributed by atoms with Crippen molar-refractivity contribution in [2.75, 3.05) is 11.9 Å². The topological polar surface area (TPSA) is 70.2 Å². The van der Waals surface area contributed by atoms with Gasteiger partial charge in [0.1, 0.15) is 0 Å². The van der Waals surface area contributed by atoms with Crippen LogP contribution in [0, 0.1) is 5.92 Å². The predicted molar refractivity (Wildman–Crippen MR) is 102 cm³/mol. The molecule has 25 heavy (non-hydrogen) atoms. The van der Waals surface area contributed by atoms with Crippen molar-refractivity contribution in [3.63, 3.8) is 0 Å². The Morgan fingerprint density at radius 2 is 1.88 bits per heavy atom. The molecule has 1 aliphatic carbocycles. The van der Waals surface area contributed by atoms with Crippen LogP contribution in [0.25, 0.3) is 0 Å². The van der Waals surface area contributed by atoms with Gasteiger partial charge in [0, 0.05) is 23.8 Å². The van der Waals surface area contributed by atoms with Crippen LogP contribution in [0.2, 0.25) is 0 Å². The SMILES string of the molecule is CCCNC(=O)c1ccc(NC(=O)C2CC3CCCCC3N2)cc1.Cl. The highest BCUT2D eigenvalue weighted by atomic mass is 35.5. The number of hydrogen-bond acceptors (Lipinski definition) is 3. The molecule has 3 N–H and O–H groups in total. The van der Waals surface area contributed by atoms with Crippen LogP contribution in [0.5, 0.6) is 0 Å². The minimum Gasteiger partial charge on any atom is -0.352 e. The monoisotopic (exact) mass is 365 g/mol. The second-order valence-corrected chi connectivity index (χ2v) is 6.93. The summed E-state index contributed by atoms with van der Waals surface area (Å²) >= 11 is 0. The molecule has 0 radical (unpaired) electrons. The summed E-state index contributed by atoms with van der Waals surface area (Å²) in [6.45, 7) is 2.69. The van der Waals surface area contributed by atoms with E-state index in [0.717, 1.165) is 18.5 Å². The predicted octanol–water partition coefficient (Wildman–Crippen LogP) is 3.11. The van der Waals surface area contributed by atoms with Crippen molar-refractivity contribution in [2.45, 2.75) is 57.5 Å². The zero-order chi connectivity index (χ0) is 16.9. The maximum atomic E-state index is 12.5. The van der Waals surface area contributed by atoms with E-state index in [4.69, 9.17) is 0 Å². The second-order valence-electron chi connectivity index (χ2n) is 6.93. The molecule has 1 aromatic carbocycles. The second kappa shape index (κ2) is 9.20. The molecular formula is C19H28ClN3O2. The Labute approximate surface area is 155 Å². The van der Waals surface area contributed by atoms with E-state index in [0.29, 0.717) is 24.1 Å². The van der Waals surface area contributed by atoms with E-state index < -0.39 is 0 Å². The molecule has 0 aromatic heterocycles. The lowest BCUT2D eigenvalue weighted by molar-refractivity contribution is -0.117. The minimum absolute atomic E-state index is 0. The Morgan fingerprint density at radius 1 is 1.16 bits per heavy atom. The van der Waals surface area contributed by atoms with Gasteiger partial charge in [0.05, 0.1) is 6.04 Å². The highest BCUT2D eigenvalue weighted by Crippen LogP contribution is 2.33. The fourth-order valence-corrected chi connectivity index (χ4v) is 3.80. The number of rotatable bonds is 5. The van der Waals surface area contributed by atoms with Gasteiger partial charge in [-0.15, -0.1) is 12.4 Å². The van der Waals surface area contributed by atoms with Crippen LogP contribution >= 0.6 is 12.4 Å². The Balaban J connectivity index is 0.00000225. The van der Waals surface area contributed by atoms with Crippen molar-refractivity contribution >= 4 is 29.9 Å². The molecule has 3 unspecified atom stereocenters. The number of carbonyl (C=O) groups excluding carboxylic acids is 2. The number of halogens is 1. The van der Waals surface area contributed by atoms with E-state index in [9.17, 15) is 9.59 Å². The van der Waals surface area contributed by atoms with Crippen molar-refractivity contribution in [2.24, 2.45) is 5.92 Å². The zero-order valence-electron chi connectivity index (χ0n) is 14.7. The first-order valence-electron chi connectivity index (χ1n) is 9.12. The summed E-state index contributed by atoms with van der Waals surface area (Å²) in [5.41, 5.74) is 1.36. The smallest absolute Gasteiger partial charge is 0.251 e. The van der Waals surface area contributed by atoms with E-state index in [2.05, 4.69) is 16.0 Å². The summed E-state index contributed by atoms with van der Waals surface area (Å²) < 4.78 is 0. The van der Waals surface area contributed by atoms with Crippen molar-refractivity contribution in [3.8, 4) is 0 Å². The van der Waals surface area contributed by atoms with E-state index in [1.807, 2.05) is 6.92 Å². The number of anilines is 1. The van der Waals surface area contributed by atoms with Crippen LogP contribution < -0.4 is 16.0 Å². The lowest BCUT2D eigenvalue weighted by atomic mass is 9.85. The van der Waals surface area contributed by atoms with Gasteiger partial charge < -0.3 is 16.0 Å². The first-order valence-corrected chi connectivity index (χ1v) is 9.12. The van der Waals surface area contributed by atoms with Crippen LogP contribution in [-0.4, -0.2) is 30.4 Å². The lowest BCUT2D eigenvalue weighted by Gasteiger charge is -2.24. The summed E-state index contributed by atoms with van der Waals surface area (Å²) in [5, 5.41) is 9.31. The van der Waals surface area contributed by atoms with Gasteiger partial charge in [-0.1, -0.05) is 19.8 Å². The number of nitrogens with one attached hydrogen (secondary N) is 3. The first kappa shape index (κ1) is 19.7. The maximum Gasteiger partial charge on any atom is 0.251 e. The summed E-state index contributed by atoms with van der Waals surface area (Å²) in [6, 6.07) is 7.51. The average molecular weight is 366 g/mol. The summed E-state index contributed by atoms with van der Waals surface area (Å²) in [4.78, 5) is 24.3. The fraction of sp³-hybridized carbons (Fsp3) is 0.579. The number of amides is 2. The number of hydrogen-bond donors (Lipinski definition) is 3. The third kappa shape index (κ3) is 4.95. The average Bonchev–Trinajstić information content (AvgIpc) is 3.04. The van der Waals surface area contributed by atoms with E-state index in [1.165, 1.54) is 25.7 Å². The van der Waals surface area contributed by atoms with Crippen molar-refractivity contribution < 1.29 is 9.59 Å². The minimum atomic E-state index is -0.0920. The molecule has 1 heterocycles. The van der Waals surface area contributed by atoms with Crippen LogP contribution in [0.15, 0.2) is 24.3 Å². The molecule has 5 nitrogen and oxygen atoms in total. The molecule has 0 bridgehead atoms. The van der Waals surface area contributed by atoms with Crippen LogP contribution in [0.3, 0.4) is 0 Å². The molecule has 1 aliphatic heterocycles. The summed E-state index contributed by atoms with van der Waals surface area (Å²) in [6.07, 6.45) is 6.84. The lowest BCUT2D eigenvalue weighted by Crippen LogP contribution is -2.39. The van der Waals surface area contributed by atoms with Gasteiger partial charge >= 0.3 is 0 Å². The molecule has 3 atom stereocenters. The Kier molecular flexibility index (Phi) is 7.26. The Morgan fingerprint density at radius 3 is 2.56 bits per heavy atom. The number of fused-ring (bicyclic) bond motifs is 1. The molecule has 1 saturated heterocycles. The number of benzene rings is 1. The third-order valence-corrected chi connectivity index (χ3v) is 5.13. The van der Waals surface area contributed by atoms with Crippen LogP contribution in [0.4, 0.5) is 5.69 Å². The van der Waals surface area contributed by atoms with Crippen LogP contribution in [-0.2, 0) is 4.79 Å². The molecule has 3 rings (SSSR count). The van der Waals surface area contributed by atoms with Gasteiger partial charge in [-0.05, 0) is 55.9 Å². The van der Waals surface area contributed by atoms with Gasteiger partial charge in [-0.2, -0.15) is 0 Å². The highest BCUT2D eigenvalue weighted by molar-refractivity contribution is 5.97. The van der Waals surface area contributed by atoms with E-state index in [1.54, 1.807) is 24.3 Å². The van der Waals surface area contributed by atoms with Crippen molar-refractivity contribution in [3.05, 3.63) is 29.8 Å². The first-order chi connectivity index (χ1) is 11.7. The molecule has 2 aliphatic rings. The molecule has 1 saturated carbocycles. The quantitative estimate of drug-likeness (QED) is 0.750. The molecule has 0 spiro atoms. The molecule has 2 amide bonds. The molecule has 6 heteroatoms. The van der Waals surface area contributed by atoms with E-state index in [-0.39, 0.29) is 30.3 Å². The van der Waals surface area contributed by atoms with Crippen molar-refractivity contribution in [1.29, 1.82) is 0 Å². The third-order valence-electron chi connectivity index (χ3n) is 5.13. The zero-order valence-corrected chi connectivity index (χ0v) is 15.5. The van der Waals surface area contributed by atoms with Gasteiger partial charge in [0.25, 0.3) is 5.91 Å². The summed E-state index contributed by atoms with van der Waals surface area (Å²) in [7, 11) is 0. The number of carbonyl (C=O) groups is 2. The summed E-state index contributed by atoms with van der Waals surface area (Å²) in [5.74, 6) is 0.614. The van der Waals surface area contributed by atoms with Crippen LogP contribution in [0.1, 0.15) is 55.8 Å². The maximum absolute atomic E-state index is 12.5. The largest absolute Gasteiger partial charge is 0.352 e. The molecular weight excluding hydrogens is 338 g/mol.